The Labute approximate surface area is 88.8 Å². The molecule has 2 nitrogen and oxygen atoms in total. The van der Waals surface area contributed by atoms with Gasteiger partial charge in [-0.1, -0.05) is 0 Å². The van der Waals surface area contributed by atoms with Crippen molar-refractivity contribution in [3.05, 3.63) is 33.3 Å². The highest BCUT2D eigenvalue weighted by molar-refractivity contribution is 9.11. The van der Waals surface area contributed by atoms with E-state index in [1.165, 1.54) is 0 Å². The van der Waals surface area contributed by atoms with Crippen LogP contribution in [0.15, 0.2) is 28.3 Å². The average molecular weight is 255 g/mol. The van der Waals surface area contributed by atoms with Crippen molar-refractivity contribution in [2.24, 2.45) is 0 Å². The summed E-state index contributed by atoms with van der Waals surface area (Å²) in [7, 11) is 0. The zero-order valence-corrected chi connectivity index (χ0v) is 9.39. The fraction of sp³-hybridized carbons (Fsp3) is 0.111. The predicted molar refractivity (Wildman–Crippen MR) is 57.8 cm³/mol. The first-order valence-corrected chi connectivity index (χ1v) is 5.41. The highest BCUT2D eigenvalue weighted by atomic mass is 79.9. The predicted octanol–water partition coefficient (Wildman–Crippen LogP) is 3.28. The van der Waals surface area contributed by atoms with Crippen molar-refractivity contribution in [2.75, 3.05) is 0 Å². The monoisotopic (exact) mass is 254 g/mol. The highest BCUT2D eigenvalue weighted by Crippen LogP contribution is 2.31. The van der Waals surface area contributed by atoms with Gasteiger partial charge >= 0.3 is 0 Å². The number of thiazole rings is 1. The van der Waals surface area contributed by atoms with Gasteiger partial charge < -0.3 is 0 Å². The Morgan fingerprint density at radius 1 is 1.46 bits per heavy atom. The van der Waals surface area contributed by atoms with Gasteiger partial charge in [0.05, 0.1) is 14.5 Å². The summed E-state index contributed by atoms with van der Waals surface area (Å²) in [5, 5.41) is 1.06. The third kappa shape index (κ3) is 1.78. The summed E-state index contributed by atoms with van der Waals surface area (Å²) in [6.45, 7) is 2.00. The van der Waals surface area contributed by atoms with E-state index in [1.807, 2.05) is 25.3 Å². The lowest BCUT2D eigenvalue weighted by atomic mass is 10.2. The second kappa shape index (κ2) is 3.55. The number of halogens is 1. The Balaban J connectivity index is 2.53. The van der Waals surface area contributed by atoms with E-state index in [9.17, 15) is 0 Å². The van der Waals surface area contributed by atoms with E-state index in [0.29, 0.717) is 0 Å². The summed E-state index contributed by atoms with van der Waals surface area (Å²) >= 11 is 5.12. The molecule has 0 unspecified atom stereocenters. The molecule has 0 radical (unpaired) electrons. The maximum Gasteiger partial charge on any atom is 0.0980 e. The normalized spacial score (nSPS) is 10.3. The standard InChI is InChI=1S/C9H7BrN2S/c1-6-12-8(9(10)13-6)7-3-2-4-11-5-7/h2-5H,1H3. The maximum atomic E-state index is 4.41. The Kier molecular flexibility index (Phi) is 2.42. The van der Waals surface area contributed by atoms with Crippen LogP contribution in [0.2, 0.25) is 0 Å². The van der Waals surface area contributed by atoms with Crippen molar-refractivity contribution < 1.29 is 0 Å². The van der Waals surface area contributed by atoms with E-state index in [0.717, 1.165) is 20.1 Å². The van der Waals surface area contributed by atoms with Crippen LogP contribution in [0, 0.1) is 6.92 Å². The molecular formula is C9H7BrN2S. The van der Waals surface area contributed by atoms with Crippen LogP contribution in [-0.4, -0.2) is 9.97 Å². The first-order valence-electron chi connectivity index (χ1n) is 3.80. The molecule has 0 aromatic carbocycles. The van der Waals surface area contributed by atoms with Crippen LogP contribution >= 0.6 is 27.3 Å². The molecule has 66 valence electrons. The summed E-state index contributed by atoms with van der Waals surface area (Å²) in [6.07, 6.45) is 3.58. The summed E-state index contributed by atoms with van der Waals surface area (Å²) in [4.78, 5) is 8.47. The molecule has 0 saturated carbocycles. The fourth-order valence-corrected chi connectivity index (χ4v) is 2.76. The minimum atomic E-state index is 0.982. The molecule has 0 atom stereocenters. The Morgan fingerprint density at radius 3 is 2.85 bits per heavy atom. The molecule has 0 amide bonds. The van der Waals surface area contributed by atoms with E-state index < -0.39 is 0 Å². The van der Waals surface area contributed by atoms with E-state index >= 15 is 0 Å². The number of nitrogens with zero attached hydrogens (tertiary/aromatic N) is 2. The number of hydrogen-bond acceptors (Lipinski definition) is 3. The average Bonchev–Trinajstić information content (AvgIpc) is 2.47. The Morgan fingerprint density at radius 2 is 2.31 bits per heavy atom. The molecule has 0 aliphatic carbocycles. The molecule has 0 fully saturated rings. The minimum Gasteiger partial charge on any atom is -0.264 e. The van der Waals surface area contributed by atoms with Crippen LogP contribution in [-0.2, 0) is 0 Å². The third-order valence-corrected chi connectivity index (χ3v) is 3.25. The van der Waals surface area contributed by atoms with Crippen molar-refractivity contribution in [2.45, 2.75) is 6.92 Å². The summed E-state index contributed by atoms with van der Waals surface area (Å²) in [5.41, 5.74) is 2.04. The molecule has 2 aromatic heterocycles. The van der Waals surface area contributed by atoms with Crippen LogP contribution in [0.5, 0.6) is 0 Å². The van der Waals surface area contributed by atoms with Crippen LogP contribution in [0.4, 0.5) is 0 Å². The Bertz CT molecular complexity index is 411. The van der Waals surface area contributed by atoms with Crippen molar-refractivity contribution in [1.82, 2.24) is 9.97 Å². The van der Waals surface area contributed by atoms with Crippen molar-refractivity contribution in [3.8, 4) is 11.3 Å². The molecule has 0 aliphatic rings. The van der Waals surface area contributed by atoms with Gasteiger partial charge in [-0.25, -0.2) is 4.98 Å². The van der Waals surface area contributed by atoms with Gasteiger partial charge in [-0.2, -0.15) is 0 Å². The zero-order chi connectivity index (χ0) is 9.26. The SMILES string of the molecule is Cc1nc(-c2cccnc2)c(Br)s1. The quantitative estimate of drug-likeness (QED) is 0.781. The molecule has 4 heteroatoms. The zero-order valence-electron chi connectivity index (χ0n) is 6.99. The lowest BCUT2D eigenvalue weighted by Crippen LogP contribution is -1.79. The molecule has 13 heavy (non-hydrogen) atoms. The number of hydrogen-bond donors (Lipinski definition) is 0. The van der Waals surface area contributed by atoms with Gasteiger partial charge in [0.25, 0.3) is 0 Å². The van der Waals surface area contributed by atoms with Crippen molar-refractivity contribution in [3.63, 3.8) is 0 Å². The van der Waals surface area contributed by atoms with Crippen LogP contribution in [0.25, 0.3) is 11.3 Å². The first kappa shape index (κ1) is 8.84. The molecule has 0 saturated heterocycles. The lowest BCUT2D eigenvalue weighted by Gasteiger charge is -1.94. The summed E-state index contributed by atoms with van der Waals surface area (Å²) < 4.78 is 1.07. The summed E-state index contributed by atoms with van der Waals surface area (Å²) in [6, 6.07) is 3.92. The molecule has 2 aromatic rings. The van der Waals surface area contributed by atoms with Crippen LogP contribution < -0.4 is 0 Å². The number of aromatic nitrogens is 2. The van der Waals surface area contributed by atoms with E-state index in [2.05, 4.69) is 25.9 Å². The number of pyridine rings is 1. The second-order valence-corrected chi connectivity index (χ2v) is 5.12. The van der Waals surface area contributed by atoms with Crippen LogP contribution in [0.3, 0.4) is 0 Å². The fourth-order valence-electron chi connectivity index (χ4n) is 1.08. The molecule has 0 aliphatic heterocycles. The molecule has 0 spiro atoms. The van der Waals surface area contributed by atoms with Gasteiger partial charge in [0.1, 0.15) is 0 Å². The van der Waals surface area contributed by atoms with Crippen molar-refractivity contribution >= 4 is 27.3 Å². The third-order valence-electron chi connectivity index (χ3n) is 1.63. The van der Waals surface area contributed by atoms with E-state index in [4.69, 9.17) is 0 Å². The van der Waals surface area contributed by atoms with Crippen LogP contribution in [0.1, 0.15) is 5.01 Å². The number of rotatable bonds is 1. The number of aryl methyl sites for hydroxylation is 1. The Hall–Kier alpha value is -0.740. The molecule has 2 heterocycles. The lowest BCUT2D eigenvalue weighted by molar-refractivity contribution is 1.26. The molecule has 0 bridgehead atoms. The first-order chi connectivity index (χ1) is 6.27. The smallest absolute Gasteiger partial charge is 0.0980 e. The maximum absolute atomic E-state index is 4.41. The summed E-state index contributed by atoms with van der Waals surface area (Å²) in [5.74, 6) is 0. The molecular weight excluding hydrogens is 248 g/mol. The highest BCUT2D eigenvalue weighted by Gasteiger charge is 2.07. The molecule has 2 rings (SSSR count). The molecule has 0 N–H and O–H groups in total. The van der Waals surface area contributed by atoms with Gasteiger partial charge in [0, 0.05) is 18.0 Å². The largest absolute Gasteiger partial charge is 0.264 e. The van der Waals surface area contributed by atoms with Gasteiger partial charge in [0.2, 0.25) is 0 Å². The van der Waals surface area contributed by atoms with E-state index in [-0.39, 0.29) is 0 Å². The minimum absolute atomic E-state index is 0.982. The van der Waals surface area contributed by atoms with Gasteiger partial charge in [-0.3, -0.25) is 4.98 Å². The second-order valence-electron chi connectivity index (χ2n) is 2.60. The topological polar surface area (TPSA) is 25.8 Å². The van der Waals surface area contributed by atoms with E-state index in [1.54, 1.807) is 17.5 Å². The van der Waals surface area contributed by atoms with Gasteiger partial charge in [-0.05, 0) is 35.0 Å². The van der Waals surface area contributed by atoms with Gasteiger partial charge in [0.15, 0.2) is 0 Å². The van der Waals surface area contributed by atoms with Gasteiger partial charge in [-0.15, -0.1) is 11.3 Å². The van der Waals surface area contributed by atoms with Crippen molar-refractivity contribution in [1.29, 1.82) is 0 Å².